The van der Waals surface area contributed by atoms with Crippen molar-refractivity contribution in [1.82, 2.24) is 10.2 Å². The molecule has 2 amide bonds. The summed E-state index contributed by atoms with van der Waals surface area (Å²) in [7, 11) is 0. The zero-order valence-corrected chi connectivity index (χ0v) is 15.8. The van der Waals surface area contributed by atoms with E-state index in [1.165, 1.54) is 11.1 Å². The van der Waals surface area contributed by atoms with E-state index in [2.05, 4.69) is 17.4 Å². The van der Waals surface area contributed by atoms with Crippen molar-refractivity contribution in [3.05, 3.63) is 71.8 Å². The molecular formula is C23H28N2O2. The molecule has 0 aromatic heterocycles. The number of nitrogens with one attached hydrogen (secondary N) is 1. The molecular weight excluding hydrogens is 336 g/mol. The summed E-state index contributed by atoms with van der Waals surface area (Å²) < 4.78 is 0. The van der Waals surface area contributed by atoms with Crippen LogP contribution in [-0.2, 0) is 22.6 Å². The minimum absolute atomic E-state index is 0.0931. The first-order valence-electron chi connectivity index (χ1n) is 9.83. The van der Waals surface area contributed by atoms with E-state index in [0.717, 1.165) is 25.8 Å². The number of rotatable bonds is 7. The Balaban J connectivity index is 1.41. The molecule has 1 atom stereocenters. The summed E-state index contributed by atoms with van der Waals surface area (Å²) in [6.07, 6.45) is 3.63. The van der Waals surface area contributed by atoms with Gasteiger partial charge < -0.3 is 10.2 Å². The Bertz CT molecular complexity index is 731. The third kappa shape index (κ3) is 6.24. The molecule has 1 unspecified atom stereocenters. The number of benzene rings is 2. The molecule has 1 aliphatic rings. The molecule has 1 heterocycles. The number of carbonyl (C=O) groups is 2. The van der Waals surface area contributed by atoms with Crippen molar-refractivity contribution >= 4 is 11.8 Å². The number of amides is 2. The quantitative estimate of drug-likeness (QED) is 0.817. The lowest BCUT2D eigenvalue weighted by molar-refractivity contribution is -0.131. The molecule has 2 aromatic rings. The first-order chi connectivity index (χ1) is 13.2. The van der Waals surface area contributed by atoms with Crippen LogP contribution in [0.25, 0.3) is 0 Å². The third-order valence-corrected chi connectivity index (χ3v) is 5.21. The molecule has 0 aliphatic carbocycles. The van der Waals surface area contributed by atoms with Gasteiger partial charge >= 0.3 is 0 Å². The predicted octanol–water partition coefficient (Wildman–Crippen LogP) is 3.56. The normalized spacial score (nSPS) is 17.4. The van der Waals surface area contributed by atoms with Crippen LogP contribution in [0.1, 0.15) is 36.8 Å². The summed E-state index contributed by atoms with van der Waals surface area (Å²) >= 11 is 0. The molecule has 0 spiro atoms. The molecule has 0 radical (unpaired) electrons. The van der Waals surface area contributed by atoms with E-state index in [1.807, 2.05) is 53.4 Å². The minimum atomic E-state index is 0.0931. The molecule has 4 nitrogen and oxygen atoms in total. The Morgan fingerprint density at radius 1 is 0.963 bits per heavy atom. The average molecular weight is 364 g/mol. The van der Waals surface area contributed by atoms with Crippen LogP contribution in [0.4, 0.5) is 0 Å². The van der Waals surface area contributed by atoms with Gasteiger partial charge in [0.1, 0.15) is 0 Å². The summed E-state index contributed by atoms with van der Waals surface area (Å²) in [5.41, 5.74) is 2.35. The number of nitrogens with zero attached hydrogens (tertiary/aromatic N) is 1. The van der Waals surface area contributed by atoms with Crippen LogP contribution in [0.15, 0.2) is 60.7 Å². The van der Waals surface area contributed by atoms with Gasteiger partial charge in [-0.3, -0.25) is 9.59 Å². The van der Waals surface area contributed by atoms with Gasteiger partial charge in [-0.15, -0.1) is 0 Å². The summed E-state index contributed by atoms with van der Waals surface area (Å²) in [5.74, 6) is 0.683. The van der Waals surface area contributed by atoms with Gasteiger partial charge in [-0.2, -0.15) is 0 Å². The molecule has 27 heavy (non-hydrogen) atoms. The van der Waals surface area contributed by atoms with Gasteiger partial charge in [0.25, 0.3) is 0 Å². The van der Waals surface area contributed by atoms with E-state index in [4.69, 9.17) is 0 Å². The Morgan fingerprint density at radius 2 is 1.63 bits per heavy atom. The lowest BCUT2D eigenvalue weighted by atomic mass is 10.0. The van der Waals surface area contributed by atoms with E-state index in [1.54, 1.807) is 0 Å². The van der Waals surface area contributed by atoms with Crippen LogP contribution in [0.2, 0.25) is 0 Å². The van der Waals surface area contributed by atoms with Crippen LogP contribution >= 0.6 is 0 Å². The van der Waals surface area contributed by atoms with Crippen LogP contribution < -0.4 is 5.32 Å². The highest BCUT2D eigenvalue weighted by molar-refractivity contribution is 5.77. The van der Waals surface area contributed by atoms with Crippen molar-refractivity contribution in [2.45, 2.75) is 38.6 Å². The summed E-state index contributed by atoms with van der Waals surface area (Å²) in [6.45, 7) is 2.11. The SMILES string of the molecule is O=C(CCc1ccccc1)NCC1CCC(=O)N(Cc2ccccc2)CC1. The molecule has 1 N–H and O–H groups in total. The standard InChI is InChI=1S/C23H28N2O2/c26-22(13-11-19-7-3-1-4-8-19)24-17-20-12-14-23(27)25(16-15-20)18-21-9-5-2-6-10-21/h1-10,20H,11-18H2,(H,24,26). The minimum Gasteiger partial charge on any atom is -0.356 e. The number of carbonyl (C=O) groups excluding carboxylic acids is 2. The Kier molecular flexibility index (Phi) is 7.03. The first-order valence-corrected chi connectivity index (χ1v) is 9.83. The first kappa shape index (κ1) is 19.2. The number of aryl methyl sites for hydroxylation is 1. The molecule has 3 rings (SSSR count). The van der Waals surface area contributed by atoms with Crippen LogP contribution in [0.3, 0.4) is 0 Å². The fourth-order valence-corrected chi connectivity index (χ4v) is 3.52. The molecule has 2 aromatic carbocycles. The van der Waals surface area contributed by atoms with Gasteiger partial charge in [0.05, 0.1) is 0 Å². The highest BCUT2D eigenvalue weighted by Gasteiger charge is 2.22. The van der Waals surface area contributed by atoms with E-state index in [0.29, 0.717) is 31.8 Å². The lowest BCUT2D eigenvalue weighted by Crippen LogP contribution is -2.31. The number of hydrogen-bond donors (Lipinski definition) is 1. The molecule has 1 fully saturated rings. The van der Waals surface area contributed by atoms with Crippen molar-refractivity contribution in [3.63, 3.8) is 0 Å². The van der Waals surface area contributed by atoms with Gasteiger partial charge in [-0.05, 0) is 36.3 Å². The van der Waals surface area contributed by atoms with Crippen molar-refractivity contribution in [2.75, 3.05) is 13.1 Å². The fraction of sp³-hybridized carbons (Fsp3) is 0.391. The fourth-order valence-electron chi connectivity index (χ4n) is 3.52. The van der Waals surface area contributed by atoms with Gasteiger partial charge in [0.2, 0.25) is 11.8 Å². The second kappa shape index (κ2) is 9.91. The van der Waals surface area contributed by atoms with E-state index in [9.17, 15) is 9.59 Å². The smallest absolute Gasteiger partial charge is 0.222 e. The average Bonchev–Trinajstić information content (AvgIpc) is 2.88. The van der Waals surface area contributed by atoms with Crippen LogP contribution in [0, 0.1) is 5.92 Å². The summed E-state index contributed by atoms with van der Waals surface area (Å²) in [5, 5.41) is 3.06. The maximum atomic E-state index is 12.4. The van der Waals surface area contributed by atoms with Crippen molar-refractivity contribution in [1.29, 1.82) is 0 Å². The Labute approximate surface area is 161 Å². The monoisotopic (exact) mass is 364 g/mol. The Hall–Kier alpha value is -2.62. The van der Waals surface area contributed by atoms with Crippen molar-refractivity contribution in [3.8, 4) is 0 Å². The molecule has 1 aliphatic heterocycles. The summed E-state index contributed by atoms with van der Waals surface area (Å²) in [6, 6.07) is 20.2. The van der Waals surface area contributed by atoms with E-state index < -0.39 is 0 Å². The molecule has 4 heteroatoms. The highest BCUT2D eigenvalue weighted by atomic mass is 16.2. The summed E-state index contributed by atoms with van der Waals surface area (Å²) in [4.78, 5) is 26.5. The van der Waals surface area contributed by atoms with Crippen molar-refractivity contribution < 1.29 is 9.59 Å². The van der Waals surface area contributed by atoms with Gasteiger partial charge in [0.15, 0.2) is 0 Å². The third-order valence-electron chi connectivity index (χ3n) is 5.21. The maximum Gasteiger partial charge on any atom is 0.222 e. The van der Waals surface area contributed by atoms with Crippen molar-refractivity contribution in [2.24, 2.45) is 5.92 Å². The zero-order chi connectivity index (χ0) is 18.9. The zero-order valence-electron chi connectivity index (χ0n) is 15.8. The van der Waals surface area contributed by atoms with Crippen LogP contribution in [0.5, 0.6) is 0 Å². The molecule has 142 valence electrons. The van der Waals surface area contributed by atoms with Gasteiger partial charge in [-0.1, -0.05) is 60.7 Å². The van der Waals surface area contributed by atoms with Gasteiger partial charge in [0, 0.05) is 32.5 Å². The predicted molar refractivity (Wildman–Crippen MR) is 107 cm³/mol. The second-order valence-corrected chi connectivity index (χ2v) is 7.28. The van der Waals surface area contributed by atoms with Crippen LogP contribution in [-0.4, -0.2) is 29.8 Å². The maximum absolute atomic E-state index is 12.4. The number of hydrogen-bond acceptors (Lipinski definition) is 2. The van der Waals surface area contributed by atoms with E-state index in [-0.39, 0.29) is 11.8 Å². The Morgan fingerprint density at radius 3 is 2.33 bits per heavy atom. The molecule has 0 saturated carbocycles. The second-order valence-electron chi connectivity index (χ2n) is 7.28. The van der Waals surface area contributed by atoms with E-state index >= 15 is 0 Å². The lowest BCUT2D eigenvalue weighted by Gasteiger charge is -2.21. The number of likely N-dealkylation sites (tertiary alicyclic amines) is 1. The topological polar surface area (TPSA) is 49.4 Å². The molecule has 1 saturated heterocycles. The highest BCUT2D eigenvalue weighted by Crippen LogP contribution is 2.19. The van der Waals surface area contributed by atoms with Gasteiger partial charge in [-0.25, -0.2) is 0 Å². The molecule has 0 bridgehead atoms. The largest absolute Gasteiger partial charge is 0.356 e.